The summed E-state index contributed by atoms with van der Waals surface area (Å²) in [5.41, 5.74) is 1.58. The molecule has 7 nitrogen and oxygen atoms in total. The fourth-order valence-corrected chi connectivity index (χ4v) is 3.64. The number of benzene rings is 1. The number of carbonyl (C=O) groups is 1. The zero-order chi connectivity index (χ0) is 18.9. The van der Waals surface area contributed by atoms with Gasteiger partial charge in [0, 0.05) is 12.5 Å². The number of hydrogen-bond donors (Lipinski definition) is 2. The van der Waals surface area contributed by atoms with Gasteiger partial charge >= 0.3 is 5.97 Å². The highest BCUT2D eigenvalue weighted by Gasteiger charge is 2.26. The van der Waals surface area contributed by atoms with Gasteiger partial charge in [0.1, 0.15) is 5.69 Å². The minimum atomic E-state index is -0.928. The number of oxime groups is 1. The van der Waals surface area contributed by atoms with Gasteiger partial charge in [0.15, 0.2) is 0 Å². The molecule has 0 fully saturated rings. The molecule has 0 aliphatic rings. The Bertz CT molecular complexity index is 751. The van der Waals surface area contributed by atoms with Crippen molar-refractivity contribution < 1.29 is 24.4 Å². The Labute approximate surface area is 169 Å². The number of carboxylic acids is 1. The Morgan fingerprint density at radius 1 is 1.38 bits per heavy atom. The summed E-state index contributed by atoms with van der Waals surface area (Å²) >= 11 is 7.70. The number of rotatable bonds is 10. The first kappa shape index (κ1) is 20.7. The second-order valence-electron chi connectivity index (χ2n) is 5.58. The van der Waals surface area contributed by atoms with E-state index in [2.05, 4.69) is 10.3 Å². The molecule has 0 saturated heterocycles. The lowest BCUT2D eigenvalue weighted by Crippen LogP contribution is -2.10. The average Bonchev–Trinajstić information content (AvgIpc) is 3.01. The molecule has 0 saturated carbocycles. The molecule has 1 atom stereocenters. The van der Waals surface area contributed by atoms with Gasteiger partial charge in [-0.3, -0.25) is 4.79 Å². The first-order valence-electron chi connectivity index (χ1n) is 7.89. The number of carboxylic acid groups (broad SMARTS) is 1. The van der Waals surface area contributed by atoms with E-state index in [4.69, 9.17) is 31.2 Å². The van der Waals surface area contributed by atoms with E-state index in [0.717, 1.165) is 5.56 Å². The summed E-state index contributed by atoms with van der Waals surface area (Å²) in [5, 5.41) is 24.5. The normalized spacial score (nSPS) is 12.9. The predicted molar refractivity (Wildman–Crippen MR) is 104 cm³/mol. The molecule has 0 amide bonds. The fraction of sp³-hybridized carbons (Fsp3) is 0.353. The molecule has 1 unspecified atom stereocenters. The summed E-state index contributed by atoms with van der Waals surface area (Å²) in [6.45, 7) is 1.02. The van der Waals surface area contributed by atoms with Gasteiger partial charge in [-0.15, -0.1) is 0 Å². The van der Waals surface area contributed by atoms with Crippen LogP contribution in [-0.4, -0.2) is 33.2 Å². The lowest BCUT2D eigenvalue weighted by atomic mass is 9.96. The molecular formula is C17H18ClIN2O5. The molecule has 0 aliphatic heterocycles. The Hall–Kier alpha value is -1.65. The zero-order valence-corrected chi connectivity index (χ0v) is 16.7. The van der Waals surface area contributed by atoms with Crippen LogP contribution in [0.25, 0.3) is 0 Å². The molecule has 1 aromatic heterocycles. The SMILES string of the molecule is O=C(O)CC(CCCOCc1ccccc1)c1noc(C(Cl)=NO)c1I. The molecule has 0 bridgehead atoms. The molecule has 0 spiro atoms. The highest BCUT2D eigenvalue weighted by Crippen LogP contribution is 2.31. The van der Waals surface area contributed by atoms with Crippen molar-refractivity contribution >= 4 is 45.3 Å². The van der Waals surface area contributed by atoms with Gasteiger partial charge < -0.3 is 19.6 Å². The van der Waals surface area contributed by atoms with Crippen molar-refractivity contribution in [3.8, 4) is 0 Å². The molecule has 26 heavy (non-hydrogen) atoms. The van der Waals surface area contributed by atoms with Crippen LogP contribution >= 0.6 is 34.2 Å². The number of ether oxygens (including phenoxy) is 1. The summed E-state index contributed by atoms with van der Waals surface area (Å²) in [6.07, 6.45) is 1.15. The number of aliphatic carboxylic acids is 1. The summed E-state index contributed by atoms with van der Waals surface area (Å²) < 4.78 is 11.3. The molecule has 1 heterocycles. The minimum Gasteiger partial charge on any atom is -0.481 e. The first-order valence-corrected chi connectivity index (χ1v) is 9.35. The molecule has 140 valence electrons. The van der Waals surface area contributed by atoms with Gasteiger partial charge in [0.2, 0.25) is 10.9 Å². The topological polar surface area (TPSA) is 105 Å². The van der Waals surface area contributed by atoms with Crippen LogP contribution in [-0.2, 0) is 16.1 Å². The van der Waals surface area contributed by atoms with Crippen molar-refractivity contribution in [3.63, 3.8) is 0 Å². The lowest BCUT2D eigenvalue weighted by Gasteiger charge is -2.12. The van der Waals surface area contributed by atoms with E-state index in [1.165, 1.54) is 0 Å². The summed E-state index contributed by atoms with van der Waals surface area (Å²) in [7, 11) is 0. The van der Waals surface area contributed by atoms with Crippen LogP contribution in [0, 0.1) is 3.57 Å². The van der Waals surface area contributed by atoms with Crippen LogP contribution in [0.15, 0.2) is 40.0 Å². The second kappa shape index (κ2) is 10.5. The van der Waals surface area contributed by atoms with Crippen molar-refractivity contribution in [2.45, 2.75) is 31.8 Å². The minimum absolute atomic E-state index is 0.0887. The lowest BCUT2D eigenvalue weighted by molar-refractivity contribution is -0.137. The van der Waals surface area contributed by atoms with Crippen LogP contribution in [0.5, 0.6) is 0 Å². The van der Waals surface area contributed by atoms with Gasteiger partial charge in [-0.25, -0.2) is 0 Å². The van der Waals surface area contributed by atoms with Gasteiger partial charge in [-0.05, 0) is 41.0 Å². The summed E-state index contributed by atoms with van der Waals surface area (Å²) in [5.74, 6) is -1.15. The van der Waals surface area contributed by atoms with Crippen LogP contribution in [0.4, 0.5) is 0 Å². The Morgan fingerprint density at radius 2 is 2.12 bits per heavy atom. The third kappa shape index (κ3) is 5.96. The van der Waals surface area contributed by atoms with E-state index in [-0.39, 0.29) is 23.3 Å². The summed E-state index contributed by atoms with van der Waals surface area (Å²) in [6, 6.07) is 9.82. The summed E-state index contributed by atoms with van der Waals surface area (Å²) in [4.78, 5) is 11.2. The zero-order valence-electron chi connectivity index (χ0n) is 13.8. The van der Waals surface area contributed by atoms with E-state index in [1.807, 2.05) is 52.9 Å². The van der Waals surface area contributed by atoms with E-state index < -0.39 is 5.97 Å². The van der Waals surface area contributed by atoms with Crippen molar-refractivity contribution in [3.05, 3.63) is 50.9 Å². The number of nitrogens with zero attached hydrogens (tertiary/aromatic N) is 2. The van der Waals surface area contributed by atoms with Gasteiger partial charge in [-0.1, -0.05) is 52.2 Å². The van der Waals surface area contributed by atoms with Gasteiger partial charge in [0.25, 0.3) is 0 Å². The maximum absolute atomic E-state index is 11.2. The van der Waals surface area contributed by atoms with Crippen molar-refractivity contribution in [2.24, 2.45) is 5.16 Å². The third-order valence-corrected chi connectivity index (χ3v) is 4.98. The van der Waals surface area contributed by atoms with Gasteiger partial charge in [-0.2, -0.15) is 0 Å². The smallest absolute Gasteiger partial charge is 0.304 e. The monoisotopic (exact) mass is 492 g/mol. The highest BCUT2D eigenvalue weighted by atomic mass is 127. The molecule has 9 heteroatoms. The van der Waals surface area contributed by atoms with Crippen LogP contribution in [0.2, 0.25) is 0 Å². The van der Waals surface area contributed by atoms with E-state index in [0.29, 0.717) is 35.3 Å². The van der Waals surface area contributed by atoms with Crippen LogP contribution in [0.1, 0.15) is 42.2 Å². The maximum atomic E-state index is 11.2. The van der Waals surface area contributed by atoms with Crippen molar-refractivity contribution in [2.75, 3.05) is 6.61 Å². The largest absolute Gasteiger partial charge is 0.481 e. The van der Waals surface area contributed by atoms with Crippen LogP contribution in [0.3, 0.4) is 0 Å². The third-order valence-electron chi connectivity index (χ3n) is 3.70. The van der Waals surface area contributed by atoms with Gasteiger partial charge in [0.05, 0.1) is 16.6 Å². The standard InChI is InChI=1S/C17H18ClIN2O5/c18-17(20-24)16-14(19)15(21-26-16)12(9-13(22)23)7-4-8-25-10-11-5-2-1-3-6-11/h1-3,5-6,12,24H,4,7-10H2,(H,22,23). The molecule has 0 aliphatic carbocycles. The predicted octanol–water partition coefficient (Wildman–Crippen LogP) is 4.21. The number of halogens is 2. The molecular weight excluding hydrogens is 475 g/mol. The van der Waals surface area contributed by atoms with Crippen molar-refractivity contribution in [1.82, 2.24) is 5.16 Å². The Kier molecular flexibility index (Phi) is 8.33. The molecule has 2 aromatic rings. The highest BCUT2D eigenvalue weighted by molar-refractivity contribution is 14.1. The number of aromatic nitrogens is 1. The quantitative estimate of drug-likeness (QED) is 0.169. The van der Waals surface area contributed by atoms with E-state index in [1.54, 1.807) is 0 Å². The Balaban J connectivity index is 1.93. The first-order chi connectivity index (χ1) is 12.5. The second-order valence-corrected chi connectivity index (χ2v) is 7.01. The van der Waals surface area contributed by atoms with Crippen LogP contribution < -0.4 is 0 Å². The molecule has 0 radical (unpaired) electrons. The maximum Gasteiger partial charge on any atom is 0.304 e. The fourth-order valence-electron chi connectivity index (χ4n) is 2.46. The Morgan fingerprint density at radius 3 is 2.77 bits per heavy atom. The van der Waals surface area contributed by atoms with Crippen molar-refractivity contribution in [1.29, 1.82) is 0 Å². The molecule has 2 N–H and O–H groups in total. The molecule has 1 aromatic carbocycles. The van der Waals surface area contributed by atoms with E-state index in [9.17, 15) is 4.79 Å². The average molecular weight is 493 g/mol. The molecule has 2 rings (SSSR count). The number of hydrogen-bond acceptors (Lipinski definition) is 6. The van der Waals surface area contributed by atoms with E-state index >= 15 is 0 Å².